The fourth-order valence-electron chi connectivity index (χ4n) is 5.75. The molecule has 3 saturated heterocycles. The largest absolute Gasteiger partial charge is 0.411 e. The number of aliphatic hydroxyl groups excluding tert-OH is 1. The van der Waals surface area contributed by atoms with Crippen molar-refractivity contribution in [3.05, 3.63) is 0 Å². The number of unbranched alkanes of at least 4 members (excludes halogenated alkanes) is 7. The smallest absolute Gasteiger partial charge is 0.192 e. The van der Waals surface area contributed by atoms with Gasteiger partial charge in [-0.25, -0.2) is 0 Å². The fraction of sp³-hybridized carbons (Fsp3) is 1.00. The van der Waals surface area contributed by atoms with Gasteiger partial charge in [0.1, 0.15) is 0 Å². The Morgan fingerprint density at radius 2 is 1.26 bits per heavy atom. The summed E-state index contributed by atoms with van der Waals surface area (Å²) < 4.78 is 25.8. The molecule has 35 heavy (non-hydrogen) atoms. The lowest BCUT2D eigenvalue weighted by atomic mass is 10.0. The molecule has 5 nitrogen and oxygen atoms in total. The molecule has 0 bridgehead atoms. The highest BCUT2D eigenvalue weighted by Gasteiger charge is 2.45. The molecule has 0 spiro atoms. The summed E-state index contributed by atoms with van der Waals surface area (Å²) in [5, 5.41) is 9.93. The van der Waals surface area contributed by atoms with Crippen LogP contribution in [-0.2, 0) is 18.6 Å². The SMILES string of the molecule is CCCCCCCCCC[C@H](O[Si](C)(C)C(C)(C)C)[C@@H]1CC[C@@H]([C@H]2CC[C@H]([C@@H]3CCC(O)O3)O2)O1. The van der Waals surface area contributed by atoms with E-state index in [1.807, 2.05) is 0 Å². The highest BCUT2D eigenvalue weighted by atomic mass is 28.4. The van der Waals surface area contributed by atoms with Crippen LogP contribution in [0.5, 0.6) is 0 Å². The van der Waals surface area contributed by atoms with E-state index in [1.165, 1.54) is 51.4 Å². The Hall–Kier alpha value is 0.0169. The van der Waals surface area contributed by atoms with Crippen molar-refractivity contribution >= 4 is 8.32 Å². The minimum absolute atomic E-state index is 0.0452. The summed E-state index contributed by atoms with van der Waals surface area (Å²) in [7, 11) is -1.87. The van der Waals surface area contributed by atoms with Gasteiger partial charge < -0.3 is 23.7 Å². The van der Waals surface area contributed by atoms with Crippen molar-refractivity contribution in [2.24, 2.45) is 0 Å². The highest BCUT2D eigenvalue weighted by Crippen LogP contribution is 2.41. The van der Waals surface area contributed by atoms with Gasteiger partial charge in [0.15, 0.2) is 14.6 Å². The van der Waals surface area contributed by atoms with Crippen LogP contribution in [0.1, 0.15) is 124 Å². The Balaban J connectivity index is 1.49. The fourth-order valence-corrected chi connectivity index (χ4v) is 7.13. The van der Waals surface area contributed by atoms with Crippen molar-refractivity contribution in [3.8, 4) is 0 Å². The van der Waals surface area contributed by atoms with Crippen LogP contribution in [0.4, 0.5) is 0 Å². The lowest BCUT2D eigenvalue weighted by molar-refractivity contribution is -0.145. The Bertz CT molecular complexity index is 606. The van der Waals surface area contributed by atoms with E-state index in [1.54, 1.807) is 0 Å². The normalized spacial score (nSPS) is 33.0. The van der Waals surface area contributed by atoms with Crippen molar-refractivity contribution in [3.63, 3.8) is 0 Å². The number of aliphatic hydroxyl groups is 1. The lowest BCUT2D eigenvalue weighted by Gasteiger charge is -2.41. The van der Waals surface area contributed by atoms with Crippen molar-refractivity contribution < 1.29 is 23.7 Å². The summed E-state index contributed by atoms with van der Waals surface area (Å²) in [5.74, 6) is 0. The molecule has 3 heterocycles. The van der Waals surface area contributed by atoms with Gasteiger partial charge in [-0.2, -0.15) is 0 Å². The van der Waals surface area contributed by atoms with Crippen LogP contribution in [0, 0.1) is 0 Å². The third-order valence-corrected chi connectivity index (χ3v) is 13.5. The Labute approximate surface area is 217 Å². The zero-order valence-electron chi connectivity index (χ0n) is 23.7. The first-order chi connectivity index (χ1) is 16.6. The van der Waals surface area contributed by atoms with Crippen molar-refractivity contribution in [1.82, 2.24) is 0 Å². The molecule has 0 aromatic heterocycles. The molecule has 6 heteroatoms. The number of ether oxygens (including phenoxy) is 3. The zero-order chi connectivity index (χ0) is 25.5. The second-order valence-corrected chi connectivity index (χ2v) is 17.7. The standard InChI is InChI=1S/C29H56O5Si/c1-7-8-9-10-11-12-13-14-15-27(34-35(5,6)29(2,3)4)26-19-18-23(32-26)22-16-17-24(31-22)25-20-21-28(30)33-25/h22-28,30H,7-21H2,1-6H3/t22-,23+,24-,25+,26+,27+,28?/m1/s1. The molecule has 206 valence electrons. The average molecular weight is 513 g/mol. The zero-order valence-corrected chi connectivity index (χ0v) is 24.7. The monoisotopic (exact) mass is 512 g/mol. The summed E-state index contributed by atoms with van der Waals surface area (Å²) in [6.07, 6.45) is 17.9. The van der Waals surface area contributed by atoms with Crippen molar-refractivity contribution in [2.45, 2.75) is 185 Å². The number of hydrogen-bond donors (Lipinski definition) is 1. The Morgan fingerprint density at radius 1 is 0.743 bits per heavy atom. The second kappa shape index (κ2) is 13.7. The van der Waals surface area contributed by atoms with Crippen LogP contribution >= 0.6 is 0 Å². The van der Waals surface area contributed by atoms with Crippen LogP contribution < -0.4 is 0 Å². The highest BCUT2D eigenvalue weighted by molar-refractivity contribution is 6.74. The second-order valence-electron chi connectivity index (χ2n) is 13.0. The molecule has 3 fully saturated rings. The van der Waals surface area contributed by atoms with E-state index in [0.717, 1.165) is 44.9 Å². The van der Waals surface area contributed by atoms with Gasteiger partial charge in [-0.3, -0.25) is 0 Å². The minimum atomic E-state index is -1.87. The molecule has 7 atom stereocenters. The van der Waals surface area contributed by atoms with Crippen molar-refractivity contribution in [1.29, 1.82) is 0 Å². The van der Waals surface area contributed by atoms with Gasteiger partial charge in [0.05, 0.1) is 36.6 Å². The molecular formula is C29H56O5Si. The molecule has 1 N–H and O–H groups in total. The lowest BCUT2D eigenvalue weighted by Crippen LogP contribution is -2.47. The summed E-state index contributed by atoms with van der Waals surface area (Å²) in [6, 6.07) is 0. The van der Waals surface area contributed by atoms with E-state index in [0.29, 0.717) is 0 Å². The molecule has 0 aliphatic carbocycles. The summed E-state index contributed by atoms with van der Waals surface area (Å²) in [5.41, 5.74) is 0. The predicted molar refractivity (Wildman–Crippen MR) is 145 cm³/mol. The molecule has 0 aromatic carbocycles. The van der Waals surface area contributed by atoms with E-state index in [2.05, 4.69) is 40.8 Å². The predicted octanol–water partition coefficient (Wildman–Crippen LogP) is 7.50. The first kappa shape index (κ1) is 29.6. The summed E-state index contributed by atoms with van der Waals surface area (Å²) in [4.78, 5) is 0. The van der Waals surface area contributed by atoms with E-state index >= 15 is 0 Å². The third-order valence-electron chi connectivity index (χ3n) is 9.04. The van der Waals surface area contributed by atoms with Crippen LogP contribution in [0.3, 0.4) is 0 Å². The van der Waals surface area contributed by atoms with Gasteiger partial charge in [-0.15, -0.1) is 0 Å². The molecule has 3 aliphatic heterocycles. The number of hydrogen-bond acceptors (Lipinski definition) is 5. The van der Waals surface area contributed by atoms with Crippen LogP contribution in [-0.4, -0.2) is 56.3 Å². The Kier molecular flexibility index (Phi) is 11.6. The molecular weight excluding hydrogens is 456 g/mol. The maximum Gasteiger partial charge on any atom is 0.192 e. The summed E-state index contributed by atoms with van der Waals surface area (Å²) >= 11 is 0. The van der Waals surface area contributed by atoms with E-state index < -0.39 is 14.6 Å². The first-order valence-corrected chi connectivity index (χ1v) is 17.8. The molecule has 0 radical (unpaired) electrons. The average Bonchev–Trinajstić information content (AvgIpc) is 3.54. The Morgan fingerprint density at radius 3 is 1.83 bits per heavy atom. The third kappa shape index (κ3) is 8.78. The maximum absolute atomic E-state index is 9.72. The molecule has 0 saturated carbocycles. The summed E-state index contributed by atoms with van der Waals surface area (Å²) in [6.45, 7) is 14.0. The van der Waals surface area contributed by atoms with Crippen molar-refractivity contribution in [2.75, 3.05) is 0 Å². The molecule has 3 aliphatic rings. The van der Waals surface area contributed by atoms with E-state index in [9.17, 15) is 5.11 Å². The van der Waals surface area contributed by atoms with Gasteiger partial charge in [0.25, 0.3) is 0 Å². The van der Waals surface area contributed by atoms with Gasteiger partial charge >= 0.3 is 0 Å². The van der Waals surface area contributed by atoms with Gasteiger partial charge in [0.2, 0.25) is 0 Å². The maximum atomic E-state index is 9.72. The number of rotatable bonds is 14. The first-order valence-electron chi connectivity index (χ1n) is 14.9. The van der Waals surface area contributed by atoms with Crippen LogP contribution in [0.25, 0.3) is 0 Å². The molecule has 1 unspecified atom stereocenters. The van der Waals surface area contributed by atoms with Gasteiger partial charge in [-0.05, 0) is 56.7 Å². The minimum Gasteiger partial charge on any atom is -0.411 e. The van der Waals surface area contributed by atoms with E-state index in [-0.39, 0.29) is 41.7 Å². The van der Waals surface area contributed by atoms with Gasteiger partial charge in [-0.1, -0.05) is 79.1 Å². The topological polar surface area (TPSA) is 57.2 Å². The molecule has 0 amide bonds. The quantitative estimate of drug-likeness (QED) is 0.193. The van der Waals surface area contributed by atoms with E-state index in [4.69, 9.17) is 18.6 Å². The van der Waals surface area contributed by atoms with Gasteiger partial charge in [0, 0.05) is 6.42 Å². The van der Waals surface area contributed by atoms with Crippen LogP contribution in [0.15, 0.2) is 0 Å². The van der Waals surface area contributed by atoms with Crippen LogP contribution in [0.2, 0.25) is 18.1 Å². The molecule has 3 rings (SSSR count). The molecule has 0 aromatic rings.